The Morgan fingerprint density at radius 3 is 2.59 bits per heavy atom. The van der Waals surface area contributed by atoms with Crippen molar-refractivity contribution >= 4 is 28.4 Å². The monoisotopic (exact) mass is 378 g/mol. The molecule has 1 heterocycles. The lowest BCUT2D eigenvalue weighted by Gasteiger charge is -2.38. The van der Waals surface area contributed by atoms with E-state index in [1.165, 1.54) is 6.42 Å². The van der Waals surface area contributed by atoms with Gasteiger partial charge in [-0.1, -0.05) is 67.3 Å². The molecule has 138 valence electrons. The number of hydrogen-bond donors (Lipinski definition) is 1. The fraction of sp³-hybridized carbons (Fsp3) is 0.304. The fourth-order valence-electron chi connectivity index (χ4n) is 4.09. The number of amides is 1. The van der Waals surface area contributed by atoms with Crippen molar-refractivity contribution in [1.82, 2.24) is 10.3 Å². The van der Waals surface area contributed by atoms with Crippen LogP contribution < -0.4 is 5.32 Å². The Kier molecular flexibility index (Phi) is 5.13. The molecule has 0 radical (unpaired) electrons. The molecule has 1 amide bonds. The minimum absolute atomic E-state index is 0.0535. The second kappa shape index (κ2) is 7.69. The Balaban J connectivity index is 1.60. The highest BCUT2D eigenvalue weighted by Crippen LogP contribution is 2.33. The average molecular weight is 379 g/mol. The third-order valence-electron chi connectivity index (χ3n) is 5.53. The van der Waals surface area contributed by atoms with Crippen molar-refractivity contribution in [2.24, 2.45) is 0 Å². The molecule has 4 rings (SSSR count). The van der Waals surface area contributed by atoms with Crippen molar-refractivity contribution in [3.8, 4) is 0 Å². The first-order valence-electron chi connectivity index (χ1n) is 9.56. The normalized spacial score (nSPS) is 16.2. The minimum Gasteiger partial charge on any atom is -0.346 e. The first-order valence-corrected chi connectivity index (χ1v) is 9.94. The number of benzene rings is 2. The molecule has 0 aliphatic heterocycles. The smallest absolute Gasteiger partial charge is 0.253 e. The number of halogens is 1. The molecule has 2 aromatic carbocycles. The Morgan fingerprint density at radius 1 is 1.04 bits per heavy atom. The average Bonchev–Trinajstić information content (AvgIpc) is 2.70. The van der Waals surface area contributed by atoms with Crippen LogP contribution in [0, 0.1) is 0 Å². The Labute approximate surface area is 164 Å². The molecule has 0 unspecified atom stereocenters. The van der Waals surface area contributed by atoms with Crippen LogP contribution in [0.15, 0.2) is 60.8 Å². The van der Waals surface area contributed by atoms with Gasteiger partial charge in [-0.3, -0.25) is 9.78 Å². The number of rotatable bonds is 4. The van der Waals surface area contributed by atoms with E-state index in [-0.39, 0.29) is 11.4 Å². The summed E-state index contributed by atoms with van der Waals surface area (Å²) in [6.45, 7) is 0. The largest absolute Gasteiger partial charge is 0.346 e. The van der Waals surface area contributed by atoms with E-state index in [9.17, 15) is 4.79 Å². The lowest BCUT2D eigenvalue weighted by Crippen LogP contribution is -2.51. The van der Waals surface area contributed by atoms with Crippen LogP contribution in [0.2, 0.25) is 5.02 Å². The van der Waals surface area contributed by atoms with E-state index in [0.29, 0.717) is 5.56 Å². The Bertz CT molecular complexity index is 963. The van der Waals surface area contributed by atoms with Gasteiger partial charge in [0, 0.05) is 22.1 Å². The predicted octanol–water partition coefficient (Wildman–Crippen LogP) is 5.56. The van der Waals surface area contributed by atoms with E-state index in [1.807, 2.05) is 48.5 Å². The van der Waals surface area contributed by atoms with Crippen LogP contribution in [0.1, 0.15) is 48.0 Å². The maximum absolute atomic E-state index is 13.1. The second-order valence-electron chi connectivity index (χ2n) is 7.48. The fourth-order valence-corrected chi connectivity index (χ4v) is 4.29. The van der Waals surface area contributed by atoms with Gasteiger partial charge in [0.1, 0.15) is 0 Å². The van der Waals surface area contributed by atoms with E-state index in [4.69, 9.17) is 11.6 Å². The van der Waals surface area contributed by atoms with Crippen LogP contribution >= 0.6 is 11.6 Å². The summed E-state index contributed by atoms with van der Waals surface area (Å²) in [6, 6.07) is 17.7. The van der Waals surface area contributed by atoms with Gasteiger partial charge in [0.2, 0.25) is 0 Å². The van der Waals surface area contributed by atoms with Crippen LogP contribution in [0.25, 0.3) is 10.9 Å². The molecule has 0 bridgehead atoms. The Morgan fingerprint density at radius 2 is 1.78 bits per heavy atom. The zero-order valence-corrected chi connectivity index (χ0v) is 16.0. The molecule has 1 saturated carbocycles. The van der Waals surface area contributed by atoms with Crippen molar-refractivity contribution in [1.29, 1.82) is 0 Å². The summed E-state index contributed by atoms with van der Waals surface area (Å²) in [5.74, 6) is -0.0535. The summed E-state index contributed by atoms with van der Waals surface area (Å²) in [4.78, 5) is 17.5. The molecule has 0 saturated heterocycles. The van der Waals surface area contributed by atoms with E-state index in [2.05, 4.69) is 16.4 Å². The molecule has 1 aliphatic carbocycles. The van der Waals surface area contributed by atoms with Gasteiger partial charge in [0.15, 0.2) is 0 Å². The highest BCUT2D eigenvalue weighted by atomic mass is 35.5. The maximum atomic E-state index is 13.1. The first-order chi connectivity index (χ1) is 13.2. The zero-order valence-electron chi connectivity index (χ0n) is 15.2. The molecule has 0 atom stereocenters. The molecular formula is C23H23ClN2O. The lowest BCUT2D eigenvalue weighted by molar-refractivity contribution is 0.0868. The predicted molar refractivity (Wildman–Crippen MR) is 110 cm³/mol. The van der Waals surface area contributed by atoms with Crippen LogP contribution in [-0.4, -0.2) is 16.4 Å². The summed E-state index contributed by atoms with van der Waals surface area (Å²) < 4.78 is 0. The number of carbonyl (C=O) groups is 1. The molecule has 1 N–H and O–H groups in total. The first kappa shape index (κ1) is 18.0. The molecule has 27 heavy (non-hydrogen) atoms. The molecule has 3 aromatic rings. The minimum atomic E-state index is -0.244. The van der Waals surface area contributed by atoms with Crippen LogP contribution in [-0.2, 0) is 6.42 Å². The number of carbonyl (C=O) groups excluding carboxylic acids is 1. The van der Waals surface area contributed by atoms with Crippen LogP contribution in [0.3, 0.4) is 0 Å². The molecule has 3 nitrogen and oxygen atoms in total. The van der Waals surface area contributed by atoms with Gasteiger partial charge < -0.3 is 5.32 Å². The van der Waals surface area contributed by atoms with Gasteiger partial charge in [0.05, 0.1) is 11.1 Å². The topological polar surface area (TPSA) is 42.0 Å². The highest BCUT2D eigenvalue weighted by molar-refractivity contribution is 6.31. The molecule has 4 heteroatoms. The van der Waals surface area contributed by atoms with Gasteiger partial charge in [-0.25, -0.2) is 0 Å². The second-order valence-corrected chi connectivity index (χ2v) is 7.89. The standard InChI is InChI=1S/C23H23ClN2O/c24-20-10-4-2-9-18(20)15-23(12-6-1-7-13-23)26-22(27)19-14-17-8-3-5-11-21(17)25-16-19/h2-5,8-11,14,16H,1,6-7,12-13,15H2,(H,26,27). The molecule has 0 spiro atoms. The SMILES string of the molecule is O=C(NC1(Cc2ccccc2Cl)CCCCC1)c1cnc2ccccc2c1. The number of aromatic nitrogens is 1. The molecule has 1 aliphatic rings. The maximum Gasteiger partial charge on any atom is 0.253 e. The van der Waals surface area contributed by atoms with Gasteiger partial charge in [-0.05, 0) is 43.0 Å². The van der Waals surface area contributed by atoms with Crippen molar-refractivity contribution in [3.63, 3.8) is 0 Å². The zero-order chi connectivity index (χ0) is 18.7. The number of nitrogens with one attached hydrogen (secondary N) is 1. The van der Waals surface area contributed by atoms with Gasteiger partial charge in [-0.15, -0.1) is 0 Å². The summed E-state index contributed by atoms with van der Waals surface area (Å²) >= 11 is 6.40. The Hall–Kier alpha value is -2.39. The third-order valence-corrected chi connectivity index (χ3v) is 5.90. The van der Waals surface area contributed by atoms with Crippen molar-refractivity contribution < 1.29 is 4.79 Å². The van der Waals surface area contributed by atoms with E-state index in [0.717, 1.165) is 53.6 Å². The van der Waals surface area contributed by atoms with Crippen molar-refractivity contribution in [2.45, 2.75) is 44.1 Å². The summed E-state index contributed by atoms with van der Waals surface area (Å²) in [7, 11) is 0. The van der Waals surface area contributed by atoms with Crippen molar-refractivity contribution in [3.05, 3.63) is 76.9 Å². The van der Waals surface area contributed by atoms with E-state index in [1.54, 1.807) is 6.20 Å². The van der Waals surface area contributed by atoms with Crippen LogP contribution in [0.5, 0.6) is 0 Å². The summed E-state index contributed by atoms with van der Waals surface area (Å²) in [5, 5.41) is 5.10. The number of para-hydroxylation sites is 1. The third kappa shape index (κ3) is 3.98. The van der Waals surface area contributed by atoms with Gasteiger partial charge in [0.25, 0.3) is 5.91 Å². The van der Waals surface area contributed by atoms with Crippen LogP contribution in [0.4, 0.5) is 0 Å². The van der Waals surface area contributed by atoms with Crippen molar-refractivity contribution in [2.75, 3.05) is 0 Å². The summed E-state index contributed by atoms with van der Waals surface area (Å²) in [5.41, 5.74) is 2.36. The summed E-state index contributed by atoms with van der Waals surface area (Å²) in [6.07, 6.45) is 7.86. The number of pyridine rings is 1. The van der Waals surface area contributed by atoms with E-state index < -0.39 is 0 Å². The molecule has 1 fully saturated rings. The van der Waals surface area contributed by atoms with Gasteiger partial charge in [-0.2, -0.15) is 0 Å². The van der Waals surface area contributed by atoms with Gasteiger partial charge >= 0.3 is 0 Å². The molecule has 1 aromatic heterocycles. The van der Waals surface area contributed by atoms with E-state index >= 15 is 0 Å². The number of nitrogens with zero attached hydrogens (tertiary/aromatic N) is 1. The quantitative estimate of drug-likeness (QED) is 0.645. The number of fused-ring (bicyclic) bond motifs is 1. The molecular weight excluding hydrogens is 356 g/mol. The lowest BCUT2D eigenvalue weighted by atomic mass is 9.77. The highest BCUT2D eigenvalue weighted by Gasteiger charge is 2.34. The number of hydrogen-bond acceptors (Lipinski definition) is 2.